The highest BCUT2D eigenvalue weighted by Gasteiger charge is 2.23. The highest BCUT2D eigenvalue weighted by atomic mass is 35.5. The summed E-state index contributed by atoms with van der Waals surface area (Å²) < 4.78 is 13.6. The maximum absolute atomic E-state index is 13.6. The molecule has 0 N–H and O–H groups in total. The van der Waals surface area contributed by atoms with Gasteiger partial charge in [-0.25, -0.2) is 4.39 Å². The summed E-state index contributed by atoms with van der Waals surface area (Å²) in [6.45, 7) is 4.65. The zero-order chi connectivity index (χ0) is 13.1. The van der Waals surface area contributed by atoms with E-state index in [1.54, 1.807) is 12.1 Å². The van der Waals surface area contributed by atoms with Crippen LogP contribution in [0.5, 0.6) is 0 Å². The minimum Gasteiger partial charge on any atom is -0.299 e. The summed E-state index contributed by atoms with van der Waals surface area (Å²) >= 11 is 12.0. The van der Waals surface area contributed by atoms with Gasteiger partial charge in [0.05, 0.1) is 0 Å². The lowest BCUT2D eigenvalue weighted by molar-refractivity contribution is 0.175. The number of nitrogens with zero attached hydrogens (tertiary/aromatic N) is 1. The van der Waals surface area contributed by atoms with Crippen LogP contribution < -0.4 is 0 Å². The summed E-state index contributed by atoms with van der Waals surface area (Å²) in [4.78, 5) is 2.27. The van der Waals surface area contributed by atoms with Crippen LogP contribution in [0.4, 0.5) is 4.39 Å². The number of halogens is 3. The van der Waals surface area contributed by atoms with Crippen molar-refractivity contribution >= 4 is 23.2 Å². The number of hydrogen-bond acceptors (Lipinski definition) is 1. The first kappa shape index (κ1) is 14.1. The molecule has 1 fully saturated rings. The Morgan fingerprint density at radius 3 is 2.67 bits per heavy atom. The van der Waals surface area contributed by atoms with Crippen molar-refractivity contribution in [2.24, 2.45) is 5.92 Å². The fourth-order valence-corrected chi connectivity index (χ4v) is 2.92. The molecule has 0 spiro atoms. The third kappa shape index (κ3) is 3.59. The number of hydrogen-bond donors (Lipinski definition) is 0. The Labute approximate surface area is 118 Å². The quantitative estimate of drug-likeness (QED) is 0.749. The first-order valence-corrected chi connectivity index (χ1v) is 7.18. The average molecular weight is 290 g/mol. The zero-order valence-electron chi connectivity index (χ0n) is 10.5. The van der Waals surface area contributed by atoms with Crippen LogP contribution in [0, 0.1) is 11.7 Å². The molecule has 1 aliphatic rings. The van der Waals surface area contributed by atoms with E-state index in [0.29, 0.717) is 23.0 Å². The minimum absolute atomic E-state index is 0.174. The monoisotopic (exact) mass is 289 g/mol. The standard InChI is InChI=1S/C14H18Cl2FN/c1-10(15)11-4-6-18(7-5-11)9-12-8-13(16)2-3-14(12)17/h2-3,8,10-11H,4-7,9H2,1H3. The Bertz CT molecular complexity index is 401. The highest BCUT2D eigenvalue weighted by Crippen LogP contribution is 2.25. The molecule has 100 valence electrons. The van der Waals surface area contributed by atoms with Crippen molar-refractivity contribution in [2.45, 2.75) is 31.7 Å². The van der Waals surface area contributed by atoms with Gasteiger partial charge in [0.15, 0.2) is 0 Å². The molecule has 1 atom stereocenters. The summed E-state index contributed by atoms with van der Waals surface area (Å²) in [6, 6.07) is 4.74. The molecule has 0 radical (unpaired) electrons. The molecule has 1 nitrogen and oxygen atoms in total. The first-order chi connectivity index (χ1) is 8.56. The molecule has 0 bridgehead atoms. The van der Waals surface area contributed by atoms with Gasteiger partial charge in [-0.05, 0) is 57.0 Å². The molecule has 0 saturated carbocycles. The van der Waals surface area contributed by atoms with Crippen LogP contribution >= 0.6 is 23.2 Å². The van der Waals surface area contributed by atoms with Crippen LogP contribution in [-0.4, -0.2) is 23.4 Å². The van der Waals surface area contributed by atoms with E-state index in [2.05, 4.69) is 11.8 Å². The molecular weight excluding hydrogens is 272 g/mol. The molecule has 1 aliphatic heterocycles. The van der Waals surface area contributed by atoms with Gasteiger partial charge in [-0.15, -0.1) is 11.6 Å². The van der Waals surface area contributed by atoms with Crippen LogP contribution in [-0.2, 0) is 6.54 Å². The lowest BCUT2D eigenvalue weighted by atomic mass is 9.94. The van der Waals surface area contributed by atoms with Gasteiger partial charge in [-0.1, -0.05) is 11.6 Å². The second kappa shape index (κ2) is 6.23. The van der Waals surface area contributed by atoms with Crippen LogP contribution in [0.2, 0.25) is 5.02 Å². The van der Waals surface area contributed by atoms with Crippen molar-refractivity contribution in [3.63, 3.8) is 0 Å². The topological polar surface area (TPSA) is 3.24 Å². The van der Waals surface area contributed by atoms with Gasteiger partial charge in [0, 0.05) is 22.5 Å². The van der Waals surface area contributed by atoms with Crippen LogP contribution in [0.25, 0.3) is 0 Å². The molecule has 0 amide bonds. The first-order valence-electron chi connectivity index (χ1n) is 6.36. The number of likely N-dealkylation sites (tertiary alicyclic amines) is 1. The van der Waals surface area contributed by atoms with Gasteiger partial charge in [0.2, 0.25) is 0 Å². The summed E-state index contributed by atoms with van der Waals surface area (Å²) in [7, 11) is 0. The minimum atomic E-state index is -0.174. The third-order valence-corrected chi connectivity index (χ3v) is 4.27. The van der Waals surface area contributed by atoms with Crippen molar-refractivity contribution in [1.82, 2.24) is 4.90 Å². The van der Waals surface area contributed by atoms with E-state index in [-0.39, 0.29) is 11.2 Å². The average Bonchev–Trinajstić information content (AvgIpc) is 2.34. The Balaban J connectivity index is 1.93. The van der Waals surface area contributed by atoms with Gasteiger partial charge in [0.1, 0.15) is 5.82 Å². The Morgan fingerprint density at radius 1 is 1.39 bits per heavy atom. The molecule has 1 aromatic rings. The molecule has 0 aliphatic carbocycles. The molecule has 1 heterocycles. The van der Waals surface area contributed by atoms with E-state index in [4.69, 9.17) is 23.2 Å². The van der Waals surface area contributed by atoms with Crippen molar-refractivity contribution in [3.8, 4) is 0 Å². The van der Waals surface area contributed by atoms with E-state index in [1.807, 2.05) is 0 Å². The second-order valence-corrected chi connectivity index (χ2v) is 6.15. The van der Waals surface area contributed by atoms with Gasteiger partial charge in [-0.3, -0.25) is 4.90 Å². The smallest absolute Gasteiger partial charge is 0.127 e. The molecule has 4 heteroatoms. The van der Waals surface area contributed by atoms with E-state index >= 15 is 0 Å². The molecular formula is C14H18Cl2FN. The molecule has 1 saturated heterocycles. The third-order valence-electron chi connectivity index (χ3n) is 3.68. The summed E-state index contributed by atoms with van der Waals surface area (Å²) in [6.07, 6.45) is 2.18. The highest BCUT2D eigenvalue weighted by molar-refractivity contribution is 6.30. The van der Waals surface area contributed by atoms with Crippen LogP contribution in [0.15, 0.2) is 18.2 Å². The molecule has 1 unspecified atom stereocenters. The van der Waals surface area contributed by atoms with Gasteiger partial charge < -0.3 is 0 Å². The number of benzene rings is 1. The largest absolute Gasteiger partial charge is 0.299 e. The predicted molar refractivity (Wildman–Crippen MR) is 74.7 cm³/mol. The van der Waals surface area contributed by atoms with Gasteiger partial charge in [0.25, 0.3) is 0 Å². The fourth-order valence-electron chi connectivity index (χ4n) is 2.48. The van der Waals surface area contributed by atoms with Crippen molar-refractivity contribution in [1.29, 1.82) is 0 Å². The van der Waals surface area contributed by atoms with Crippen molar-refractivity contribution in [3.05, 3.63) is 34.6 Å². The van der Waals surface area contributed by atoms with Crippen LogP contribution in [0.3, 0.4) is 0 Å². The van der Waals surface area contributed by atoms with Gasteiger partial charge in [-0.2, -0.15) is 0 Å². The van der Waals surface area contributed by atoms with Crippen molar-refractivity contribution < 1.29 is 4.39 Å². The van der Waals surface area contributed by atoms with E-state index in [1.165, 1.54) is 6.07 Å². The van der Waals surface area contributed by atoms with E-state index in [0.717, 1.165) is 25.9 Å². The summed E-state index contributed by atoms with van der Waals surface area (Å²) in [5, 5.41) is 0.825. The Hall–Kier alpha value is -0.310. The number of rotatable bonds is 3. The maximum Gasteiger partial charge on any atom is 0.127 e. The Morgan fingerprint density at radius 2 is 2.06 bits per heavy atom. The molecule has 18 heavy (non-hydrogen) atoms. The number of piperidine rings is 1. The summed E-state index contributed by atoms with van der Waals surface area (Å²) in [5.41, 5.74) is 0.680. The predicted octanol–water partition coefficient (Wildman–Crippen LogP) is 4.32. The summed E-state index contributed by atoms with van der Waals surface area (Å²) in [5.74, 6) is 0.416. The molecule has 0 aromatic heterocycles. The zero-order valence-corrected chi connectivity index (χ0v) is 12.0. The Kier molecular flexibility index (Phi) is 4.88. The normalized spacial score (nSPS) is 20.0. The lowest BCUT2D eigenvalue weighted by Crippen LogP contribution is -2.35. The SMILES string of the molecule is CC(Cl)C1CCN(Cc2cc(Cl)ccc2F)CC1. The van der Waals surface area contributed by atoms with E-state index in [9.17, 15) is 4.39 Å². The van der Waals surface area contributed by atoms with Crippen molar-refractivity contribution in [2.75, 3.05) is 13.1 Å². The molecule has 1 aromatic carbocycles. The number of alkyl halides is 1. The van der Waals surface area contributed by atoms with Gasteiger partial charge >= 0.3 is 0 Å². The fraction of sp³-hybridized carbons (Fsp3) is 0.571. The molecule has 2 rings (SSSR count). The van der Waals surface area contributed by atoms with E-state index < -0.39 is 0 Å². The second-order valence-electron chi connectivity index (χ2n) is 5.03. The lowest BCUT2D eigenvalue weighted by Gasteiger charge is -2.33. The van der Waals surface area contributed by atoms with Crippen LogP contribution in [0.1, 0.15) is 25.3 Å². The maximum atomic E-state index is 13.6.